The minimum atomic E-state index is -1.11. The summed E-state index contributed by atoms with van der Waals surface area (Å²) >= 11 is 0. The number of halogens is 1. The lowest BCUT2D eigenvalue weighted by Gasteiger charge is -2.46. The summed E-state index contributed by atoms with van der Waals surface area (Å²) in [6.45, 7) is 7.46. The molecular weight excluding hydrogens is 450 g/mol. The van der Waals surface area contributed by atoms with Crippen molar-refractivity contribution in [2.24, 2.45) is 5.92 Å². The lowest BCUT2D eigenvalue weighted by atomic mass is 9.84. The molecule has 3 heterocycles. The highest BCUT2D eigenvalue weighted by Crippen LogP contribution is 2.46. The Morgan fingerprint density at radius 3 is 2.18 bits per heavy atom. The van der Waals surface area contributed by atoms with Gasteiger partial charge < -0.3 is 10.1 Å². The molecule has 2 atom stereocenters. The summed E-state index contributed by atoms with van der Waals surface area (Å²) in [7, 11) is 0. The molecule has 1 N–H and O–H groups in total. The topological polar surface area (TPSA) is 61.9 Å². The van der Waals surface area contributed by atoms with Gasteiger partial charge in [-0.05, 0) is 25.9 Å². The third-order valence-corrected chi connectivity index (χ3v) is 7.27. The molecule has 180 valence electrons. The number of hydrogen-bond donors (Lipinski definition) is 1. The number of hydrogen-bond acceptors (Lipinski definition) is 6. The second-order valence-corrected chi connectivity index (χ2v) is 9.16. The zero-order valence-electron chi connectivity index (χ0n) is 19.3. The van der Waals surface area contributed by atoms with Gasteiger partial charge >= 0.3 is 5.97 Å². The van der Waals surface area contributed by atoms with Gasteiger partial charge in [-0.25, -0.2) is 4.90 Å². The third-order valence-electron chi connectivity index (χ3n) is 7.27. The zero-order valence-corrected chi connectivity index (χ0v) is 20.1. The molecular formula is C27H32ClN3O3. The molecule has 0 bridgehead atoms. The number of fused-ring (bicyclic) bond motifs is 1. The number of nitrogens with zero attached hydrogens (tertiary/aromatic N) is 2. The van der Waals surface area contributed by atoms with E-state index in [-0.39, 0.29) is 30.1 Å². The van der Waals surface area contributed by atoms with Gasteiger partial charge in [0.25, 0.3) is 0 Å². The van der Waals surface area contributed by atoms with E-state index in [4.69, 9.17) is 4.74 Å². The Morgan fingerprint density at radius 2 is 1.62 bits per heavy atom. The van der Waals surface area contributed by atoms with E-state index in [1.807, 2.05) is 66.7 Å². The fraction of sp³-hybridized carbons (Fsp3) is 0.407. The summed E-state index contributed by atoms with van der Waals surface area (Å²) < 4.78 is 6.26. The molecule has 3 fully saturated rings. The summed E-state index contributed by atoms with van der Waals surface area (Å²) in [4.78, 5) is 31.5. The normalized spacial score (nSPS) is 25.1. The van der Waals surface area contributed by atoms with E-state index < -0.39 is 17.8 Å². The number of nitrogens with one attached hydrogen (secondary N) is 1. The minimum absolute atomic E-state index is 0. The van der Waals surface area contributed by atoms with Crippen LogP contribution in [0.25, 0.3) is 0 Å². The number of rotatable bonds is 6. The van der Waals surface area contributed by atoms with Crippen LogP contribution in [-0.2, 0) is 20.1 Å². The van der Waals surface area contributed by atoms with E-state index in [2.05, 4.69) is 21.7 Å². The molecule has 5 rings (SSSR count). The van der Waals surface area contributed by atoms with Crippen molar-refractivity contribution in [1.82, 2.24) is 15.1 Å². The Kier molecular flexibility index (Phi) is 7.53. The number of Topliss-reactive ketones (excluding diaryl/α,β-unsaturated/α-hetero) is 1. The maximum absolute atomic E-state index is 13.9. The van der Waals surface area contributed by atoms with Crippen molar-refractivity contribution >= 4 is 24.2 Å². The van der Waals surface area contributed by atoms with Crippen molar-refractivity contribution in [1.29, 1.82) is 0 Å². The summed E-state index contributed by atoms with van der Waals surface area (Å²) in [5.41, 5.74) is 0.621. The predicted octanol–water partition coefficient (Wildman–Crippen LogP) is 2.98. The van der Waals surface area contributed by atoms with E-state index in [9.17, 15) is 9.59 Å². The van der Waals surface area contributed by atoms with Gasteiger partial charge in [-0.2, -0.15) is 0 Å². The first-order valence-electron chi connectivity index (χ1n) is 11.8. The van der Waals surface area contributed by atoms with Gasteiger partial charge in [0.05, 0.1) is 6.04 Å². The standard InChI is InChI=1S/C27H31N3O3.ClH/c1-2-15-29-16-13-20(14-17-29)25(31)23-18-28-19-24-26(32)33-27(30(23)24,21-9-5-3-6-10-21)22-11-7-4-8-12-22;/h2-12,20,23-24,28H,1,13-19H2;1H. The average Bonchev–Trinajstić information content (AvgIpc) is 3.19. The molecule has 0 aliphatic carbocycles. The SMILES string of the molecule is C=CCN1CCC(C(=O)C2CNCC3C(=O)OC(c4ccccc4)(c4ccccc4)N32)CC1.Cl. The summed E-state index contributed by atoms with van der Waals surface area (Å²) in [5, 5.41) is 3.34. The first kappa shape index (κ1) is 24.6. The average molecular weight is 482 g/mol. The summed E-state index contributed by atoms with van der Waals surface area (Å²) in [6, 6.07) is 18.7. The number of piperidine rings is 1. The van der Waals surface area contributed by atoms with Gasteiger partial charge in [0.1, 0.15) is 6.04 Å². The second kappa shape index (κ2) is 10.4. The molecule has 2 unspecified atom stereocenters. The van der Waals surface area contributed by atoms with Gasteiger partial charge in [0.2, 0.25) is 5.72 Å². The van der Waals surface area contributed by atoms with Crippen LogP contribution in [0.5, 0.6) is 0 Å². The Hall–Kier alpha value is -2.51. The van der Waals surface area contributed by atoms with E-state index in [1.165, 1.54) is 0 Å². The minimum Gasteiger partial charge on any atom is -0.434 e. The van der Waals surface area contributed by atoms with Crippen molar-refractivity contribution in [3.05, 3.63) is 84.4 Å². The number of benzene rings is 2. The molecule has 0 radical (unpaired) electrons. The lowest BCUT2D eigenvalue weighted by Crippen LogP contribution is -2.65. The van der Waals surface area contributed by atoms with Crippen LogP contribution in [0.15, 0.2) is 73.3 Å². The Balaban J connectivity index is 0.00000274. The maximum atomic E-state index is 13.9. The van der Waals surface area contributed by atoms with Crippen LogP contribution < -0.4 is 5.32 Å². The number of piperazine rings is 1. The molecule has 2 aromatic rings. The van der Waals surface area contributed by atoms with Crippen molar-refractivity contribution < 1.29 is 14.3 Å². The molecule has 2 aromatic carbocycles. The van der Waals surface area contributed by atoms with E-state index in [1.54, 1.807) is 0 Å². The molecule has 0 aromatic heterocycles. The third kappa shape index (κ3) is 4.20. The molecule has 0 saturated carbocycles. The van der Waals surface area contributed by atoms with Crippen LogP contribution in [0.3, 0.4) is 0 Å². The van der Waals surface area contributed by atoms with Gasteiger partial charge in [-0.3, -0.25) is 14.5 Å². The predicted molar refractivity (Wildman–Crippen MR) is 134 cm³/mol. The van der Waals surface area contributed by atoms with Gasteiger partial charge in [-0.15, -0.1) is 19.0 Å². The first-order chi connectivity index (χ1) is 16.1. The van der Waals surface area contributed by atoms with Crippen LogP contribution in [0.4, 0.5) is 0 Å². The highest BCUT2D eigenvalue weighted by atomic mass is 35.5. The van der Waals surface area contributed by atoms with Crippen LogP contribution in [0.1, 0.15) is 24.0 Å². The van der Waals surface area contributed by atoms with Crippen LogP contribution >= 0.6 is 12.4 Å². The molecule has 0 amide bonds. The lowest BCUT2D eigenvalue weighted by molar-refractivity contribution is -0.153. The fourth-order valence-corrected chi connectivity index (χ4v) is 5.68. The number of ketones is 1. The van der Waals surface area contributed by atoms with Crippen LogP contribution in [0.2, 0.25) is 0 Å². The van der Waals surface area contributed by atoms with E-state index in [0.717, 1.165) is 43.6 Å². The maximum Gasteiger partial charge on any atom is 0.327 e. The Morgan fingerprint density at radius 1 is 1.03 bits per heavy atom. The largest absolute Gasteiger partial charge is 0.434 e. The van der Waals surface area contributed by atoms with Crippen molar-refractivity contribution in [2.45, 2.75) is 30.7 Å². The highest BCUT2D eigenvalue weighted by molar-refractivity contribution is 5.89. The number of carbonyl (C=O) groups excluding carboxylic acids is 2. The number of ether oxygens (including phenoxy) is 1. The molecule has 0 spiro atoms. The molecule has 3 aliphatic rings. The summed E-state index contributed by atoms with van der Waals surface area (Å²) in [6.07, 6.45) is 3.58. The van der Waals surface area contributed by atoms with Crippen LogP contribution in [-0.4, -0.2) is 66.4 Å². The quantitative estimate of drug-likeness (QED) is 0.505. The smallest absolute Gasteiger partial charge is 0.327 e. The molecule has 7 heteroatoms. The van der Waals surface area contributed by atoms with Gasteiger partial charge in [0, 0.05) is 36.7 Å². The zero-order chi connectivity index (χ0) is 22.8. The van der Waals surface area contributed by atoms with Gasteiger partial charge in [0.15, 0.2) is 5.78 Å². The van der Waals surface area contributed by atoms with E-state index in [0.29, 0.717) is 13.1 Å². The van der Waals surface area contributed by atoms with Crippen molar-refractivity contribution in [3.63, 3.8) is 0 Å². The molecule has 3 aliphatic heterocycles. The highest BCUT2D eigenvalue weighted by Gasteiger charge is 2.60. The molecule has 6 nitrogen and oxygen atoms in total. The molecule has 3 saturated heterocycles. The molecule has 34 heavy (non-hydrogen) atoms. The van der Waals surface area contributed by atoms with Crippen molar-refractivity contribution in [2.75, 3.05) is 32.7 Å². The van der Waals surface area contributed by atoms with Gasteiger partial charge in [-0.1, -0.05) is 66.7 Å². The number of carbonyl (C=O) groups is 2. The second-order valence-electron chi connectivity index (χ2n) is 9.16. The Labute approximate surface area is 207 Å². The number of esters is 1. The van der Waals surface area contributed by atoms with Crippen LogP contribution in [0, 0.1) is 5.92 Å². The first-order valence-corrected chi connectivity index (χ1v) is 11.8. The number of likely N-dealkylation sites (tertiary alicyclic amines) is 1. The fourth-order valence-electron chi connectivity index (χ4n) is 5.68. The van der Waals surface area contributed by atoms with Crippen molar-refractivity contribution in [3.8, 4) is 0 Å². The monoisotopic (exact) mass is 481 g/mol. The Bertz CT molecular complexity index is 969. The summed E-state index contributed by atoms with van der Waals surface area (Å²) in [5.74, 6) is -0.0925. The van der Waals surface area contributed by atoms with E-state index >= 15 is 0 Å². The number of cyclic esters (lactones) is 1.